The quantitative estimate of drug-likeness (QED) is 0.732. The van der Waals surface area contributed by atoms with E-state index in [4.69, 9.17) is 23.8 Å². The summed E-state index contributed by atoms with van der Waals surface area (Å²) >= 11 is 14.4. The van der Waals surface area contributed by atoms with Gasteiger partial charge in [0.15, 0.2) is 5.11 Å². The van der Waals surface area contributed by atoms with Crippen molar-refractivity contribution in [2.24, 2.45) is 0 Å². The number of thiocarbonyl (C=S) groups is 1. The minimum Gasteiger partial charge on any atom is -0.332 e. The molecule has 0 aliphatic carbocycles. The van der Waals surface area contributed by atoms with Crippen LogP contribution in [0.2, 0.25) is 5.02 Å². The third-order valence-electron chi connectivity index (χ3n) is 3.03. The molecule has 2 N–H and O–H groups in total. The van der Waals surface area contributed by atoms with Crippen LogP contribution in [0.25, 0.3) is 0 Å². The van der Waals surface area contributed by atoms with Crippen molar-refractivity contribution in [2.75, 3.05) is 5.32 Å². The summed E-state index contributed by atoms with van der Waals surface area (Å²) in [7, 11) is 0. The molecule has 6 heteroatoms. The lowest BCUT2D eigenvalue weighted by Crippen LogP contribution is -2.34. The van der Waals surface area contributed by atoms with E-state index in [-0.39, 0.29) is 11.0 Å². The van der Waals surface area contributed by atoms with E-state index >= 15 is 0 Å². The van der Waals surface area contributed by atoms with Gasteiger partial charge in [-0.15, -0.1) is 0 Å². The van der Waals surface area contributed by atoms with Crippen LogP contribution < -0.4 is 10.6 Å². The predicted octanol–water partition coefficient (Wildman–Crippen LogP) is 4.79. The maximum Gasteiger partial charge on any atom is 0.257 e. The molecular weight excluding hydrogens is 384 g/mol. The van der Waals surface area contributed by atoms with Crippen LogP contribution in [-0.2, 0) is 6.42 Å². The zero-order valence-corrected chi connectivity index (χ0v) is 15.0. The van der Waals surface area contributed by atoms with Gasteiger partial charge in [0.1, 0.15) is 0 Å². The Morgan fingerprint density at radius 1 is 1.23 bits per heavy atom. The van der Waals surface area contributed by atoms with Gasteiger partial charge in [-0.05, 0) is 66.7 Å². The first-order valence-corrected chi connectivity index (χ1v) is 8.24. The second kappa shape index (κ2) is 7.72. The maximum atomic E-state index is 12.1. The van der Waals surface area contributed by atoms with E-state index in [1.165, 1.54) is 0 Å². The normalized spacial score (nSPS) is 10.1. The van der Waals surface area contributed by atoms with Gasteiger partial charge in [-0.1, -0.05) is 34.5 Å². The highest BCUT2D eigenvalue weighted by atomic mass is 79.9. The van der Waals surface area contributed by atoms with E-state index in [2.05, 4.69) is 33.5 Å². The SMILES string of the molecule is CCc1cc(Br)ccc1NC(=S)NC(=O)c1ccc(Cl)cc1. The van der Waals surface area contributed by atoms with Crippen LogP contribution in [0.15, 0.2) is 46.9 Å². The van der Waals surface area contributed by atoms with Crippen molar-refractivity contribution in [2.45, 2.75) is 13.3 Å². The Bertz CT molecular complexity index is 704. The van der Waals surface area contributed by atoms with Crippen molar-refractivity contribution in [3.8, 4) is 0 Å². The van der Waals surface area contributed by atoms with Gasteiger partial charge in [0.2, 0.25) is 0 Å². The molecule has 0 aliphatic heterocycles. The number of nitrogens with one attached hydrogen (secondary N) is 2. The monoisotopic (exact) mass is 396 g/mol. The van der Waals surface area contributed by atoms with Gasteiger partial charge in [-0.2, -0.15) is 0 Å². The predicted molar refractivity (Wildman–Crippen MR) is 98.7 cm³/mol. The van der Waals surface area contributed by atoms with Crippen molar-refractivity contribution < 1.29 is 4.79 Å². The molecule has 0 heterocycles. The molecule has 2 aromatic rings. The molecule has 114 valence electrons. The Balaban J connectivity index is 2.04. The molecule has 22 heavy (non-hydrogen) atoms. The minimum atomic E-state index is -0.274. The van der Waals surface area contributed by atoms with Crippen LogP contribution in [0, 0.1) is 0 Å². The van der Waals surface area contributed by atoms with E-state index in [9.17, 15) is 4.79 Å². The molecule has 0 spiro atoms. The number of halogens is 2. The Morgan fingerprint density at radius 2 is 1.91 bits per heavy atom. The smallest absolute Gasteiger partial charge is 0.257 e. The first-order valence-electron chi connectivity index (χ1n) is 6.66. The van der Waals surface area contributed by atoms with E-state index in [0.29, 0.717) is 10.6 Å². The van der Waals surface area contributed by atoms with Crippen LogP contribution >= 0.6 is 39.7 Å². The van der Waals surface area contributed by atoms with Crippen LogP contribution in [-0.4, -0.2) is 11.0 Å². The summed E-state index contributed by atoms with van der Waals surface area (Å²) < 4.78 is 1.01. The topological polar surface area (TPSA) is 41.1 Å². The fourth-order valence-corrected chi connectivity index (χ4v) is 2.64. The van der Waals surface area contributed by atoms with Crippen molar-refractivity contribution >= 4 is 56.5 Å². The molecule has 2 aromatic carbocycles. The van der Waals surface area contributed by atoms with Gasteiger partial charge in [0, 0.05) is 20.7 Å². The molecule has 0 saturated carbocycles. The lowest BCUT2D eigenvalue weighted by molar-refractivity contribution is 0.0978. The van der Waals surface area contributed by atoms with Crippen molar-refractivity contribution in [1.29, 1.82) is 0 Å². The third kappa shape index (κ3) is 4.53. The molecular formula is C16H14BrClN2OS. The molecule has 2 rings (SSSR count). The lowest BCUT2D eigenvalue weighted by Gasteiger charge is -2.13. The van der Waals surface area contributed by atoms with E-state index in [0.717, 1.165) is 22.1 Å². The number of carbonyl (C=O) groups is 1. The van der Waals surface area contributed by atoms with Crippen LogP contribution in [0.5, 0.6) is 0 Å². The highest BCUT2D eigenvalue weighted by Crippen LogP contribution is 2.21. The summed E-state index contributed by atoms with van der Waals surface area (Å²) in [6.07, 6.45) is 0.857. The highest BCUT2D eigenvalue weighted by Gasteiger charge is 2.09. The maximum absolute atomic E-state index is 12.1. The van der Waals surface area contributed by atoms with Crippen LogP contribution in [0.4, 0.5) is 5.69 Å². The molecule has 0 bridgehead atoms. The number of carbonyl (C=O) groups excluding carboxylic acids is 1. The van der Waals surface area contributed by atoms with Gasteiger partial charge in [0.25, 0.3) is 5.91 Å². The summed E-state index contributed by atoms with van der Waals surface area (Å²) in [6.45, 7) is 2.06. The van der Waals surface area contributed by atoms with Gasteiger partial charge in [0.05, 0.1) is 0 Å². The van der Waals surface area contributed by atoms with Gasteiger partial charge >= 0.3 is 0 Å². The molecule has 1 amide bonds. The summed E-state index contributed by atoms with van der Waals surface area (Å²) in [5.74, 6) is -0.274. The first kappa shape index (κ1) is 16.9. The fourth-order valence-electron chi connectivity index (χ4n) is 1.91. The van der Waals surface area contributed by atoms with Gasteiger partial charge < -0.3 is 5.32 Å². The number of amides is 1. The second-order valence-corrected chi connectivity index (χ2v) is 6.33. The van der Waals surface area contributed by atoms with E-state index in [1.54, 1.807) is 24.3 Å². The van der Waals surface area contributed by atoms with Gasteiger partial charge in [-0.3, -0.25) is 10.1 Å². The Labute approximate surface area is 148 Å². The molecule has 0 radical (unpaired) electrons. The summed E-state index contributed by atoms with van der Waals surface area (Å²) in [5.41, 5.74) is 2.49. The van der Waals surface area contributed by atoms with Crippen LogP contribution in [0.1, 0.15) is 22.8 Å². The second-order valence-electron chi connectivity index (χ2n) is 4.57. The van der Waals surface area contributed by atoms with E-state index < -0.39 is 0 Å². The molecule has 0 saturated heterocycles. The molecule has 0 fully saturated rings. The number of rotatable bonds is 3. The summed E-state index contributed by atoms with van der Waals surface area (Å²) in [5, 5.41) is 6.55. The number of anilines is 1. The standard InChI is InChI=1S/C16H14BrClN2OS/c1-2-10-9-12(17)5-8-14(10)19-16(22)20-15(21)11-3-6-13(18)7-4-11/h3-9H,2H2,1H3,(H2,19,20,21,22). The zero-order valence-electron chi connectivity index (χ0n) is 11.8. The molecule has 3 nitrogen and oxygen atoms in total. The molecule has 0 aliphatic rings. The van der Waals surface area contributed by atoms with Crippen molar-refractivity contribution in [3.05, 3.63) is 63.1 Å². The van der Waals surface area contributed by atoms with Crippen molar-refractivity contribution in [3.63, 3.8) is 0 Å². The number of aryl methyl sites for hydroxylation is 1. The first-order chi connectivity index (χ1) is 10.5. The third-order valence-corrected chi connectivity index (χ3v) is 3.98. The highest BCUT2D eigenvalue weighted by molar-refractivity contribution is 9.10. The van der Waals surface area contributed by atoms with E-state index in [1.807, 2.05) is 18.2 Å². The summed E-state index contributed by atoms with van der Waals surface area (Å²) in [4.78, 5) is 12.1. The average molecular weight is 398 g/mol. The lowest BCUT2D eigenvalue weighted by atomic mass is 10.1. The Hall–Kier alpha value is -1.43. The average Bonchev–Trinajstić information content (AvgIpc) is 2.49. The number of benzene rings is 2. The molecule has 0 aromatic heterocycles. The summed E-state index contributed by atoms with van der Waals surface area (Å²) in [6, 6.07) is 12.5. The fraction of sp³-hybridized carbons (Fsp3) is 0.125. The number of hydrogen-bond donors (Lipinski definition) is 2. The molecule has 0 unspecified atom stereocenters. The largest absolute Gasteiger partial charge is 0.332 e. The number of hydrogen-bond acceptors (Lipinski definition) is 2. The minimum absolute atomic E-state index is 0.261. The Kier molecular flexibility index (Phi) is 5.94. The Morgan fingerprint density at radius 3 is 2.55 bits per heavy atom. The van der Waals surface area contributed by atoms with Crippen LogP contribution in [0.3, 0.4) is 0 Å². The zero-order chi connectivity index (χ0) is 16.1. The van der Waals surface area contributed by atoms with Crippen molar-refractivity contribution in [1.82, 2.24) is 5.32 Å². The molecule has 0 atom stereocenters. The van der Waals surface area contributed by atoms with Gasteiger partial charge in [-0.25, -0.2) is 0 Å².